The maximum atomic E-state index is 12.2. The van der Waals surface area contributed by atoms with Crippen molar-refractivity contribution in [2.45, 2.75) is 37.7 Å². The van der Waals surface area contributed by atoms with Gasteiger partial charge in [0.1, 0.15) is 11.8 Å². The molecule has 0 radical (unpaired) electrons. The van der Waals surface area contributed by atoms with E-state index >= 15 is 0 Å². The highest BCUT2D eigenvalue weighted by atomic mass is 32.2. The maximum Gasteiger partial charge on any atom is 0.327 e. The van der Waals surface area contributed by atoms with Gasteiger partial charge in [-0.25, -0.2) is 9.59 Å². The molecule has 0 aliphatic carbocycles. The molecule has 0 bridgehead atoms. The van der Waals surface area contributed by atoms with E-state index < -0.39 is 12.0 Å². The fraction of sp³-hybridized carbons (Fsp3) is 0.538. The van der Waals surface area contributed by atoms with E-state index in [4.69, 9.17) is 9.52 Å². The summed E-state index contributed by atoms with van der Waals surface area (Å²) in [6.07, 6.45) is 2.16. The first-order valence-corrected chi connectivity index (χ1v) is 7.49. The van der Waals surface area contributed by atoms with E-state index in [2.05, 4.69) is 5.32 Å². The second-order valence-corrected chi connectivity index (χ2v) is 6.18. The topological polar surface area (TPSA) is 82.8 Å². The Morgan fingerprint density at radius 2 is 2.40 bits per heavy atom. The van der Waals surface area contributed by atoms with E-state index in [0.29, 0.717) is 12.2 Å². The van der Waals surface area contributed by atoms with E-state index in [1.165, 1.54) is 16.7 Å². The van der Waals surface area contributed by atoms with Crippen LogP contribution in [0.4, 0.5) is 4.79 Å². The number of urea groups is 1. The third kappa shape index (κ3) is 3.27. The van der Waals surface area contributed by atoms with Crippen LogP contribution in [0.15, 0.2) is 22.8 Å². The summed E-state index contributed by atoms with van der Waals surface area (Å²) in [5, 5.41) is 11.8. The summed E-state index contributed by atoms with van der Waals surface area (Å²) in [5.74, 6) is 0.253. The standard InChI is InChI=1S/C13H18N2O4S/c1-8(6-10-4-3-5-19-10)14-13(18)15-9(2)20-7-11(15)12(16)17/h3-5,8-9,11H,6-7H2,1-2H3,(H,14,18)(H,16,17). The summed E-state index contributed by atoms with van der Waals surface area (Å²) in [7, 11) is 0. The minimum absolute atomic E-state index is 0.124. The molecule has 3 atom stereocenters. The number of carboxylic acid groups (broad SMARTS) is 1. The fourth-order valence-electron chi connectivity index (χ4n) is 2.21. The highest BCUT2D eigenvalue weighted by Crippen LogP contribution is 2.28. The van der Waals surface area contributed by atoms with Gasteiger partial charge in [-0.3, -0.25) is 4.90 Å². The number of thioether (sulfide) groups is 1. The molecule has 6 nitrogen and oxygen atoms in total. The van der Waals surface area contributed by atoms with Crippen molar-refractivity contribution in [3.05, 3.63) is 24.2 Å². The number of furan rings is 1. The molecule has 2 amide bonds. The summed E-state index contributed by atoms with van der Waals surface area (Å²) in [5.41, 5.74) is 0. The summed E-state index contributed by atoms with van der Waals surface area (Å²) in [6.45, 7) is 3.70. The second-order valence-electron chi connectivity index (χ2n) is 4.83. The van der Waals surface area contributed by atoms with Gasteiger partial charge in [0, 0.05) is 18.2 Å². The van der Waals surface area contributed by atoms with Crippen LogP contribution in [0.2, 0.25) is 0 Å². The Hall–Kier alpha value is -1.63. The molecule has 1 saturated heterocycles. The van der Waals surface area contributed by atoms with Gasteiger partial charge in [0.15, 0.2) is 0 Å². The van der Waals surface area contributed by atoms with Gasteiger partial charge in [-0.2, -0.15) is 0 Å². The van der Waals surface area contributed by atoms with E-state index in [0.717, 1.165) is 5.76 Å². The molecular formula is C13H18N2O4S. The Balaban J connectivity index is 1.94. The third-order valence-corrected chi connectivity index (χ3v) is 4.42. The van der Waals surface area contributed by atoms with Crippen LogP contribution in [0, 0.1) is 0 Å². The number of hydrogen-bond donors (Lipinski definition) is 2. The van der Waals surface area contributed by atoms with Crippen LogP contribution in [-0.4, -0.2) is 45.2 Å². The van der Waals surface area contributed by atoms with Crippen molar-refractivity contribution in [2.75, 3.05) is 5.75 Å². The molecular weight excluding hydrogens is 280 g/mol. The first kappa shape index (κ1) is 14.8. The zero-order chi connectivity index (χ0) is 14.7. The van der Waals surface area contributed by atoms with Gasteiger partial charge in [-0.1, -0.05) is 0 Å². The molecule has 2 rings (SSSR count). The Bertz CT molecular complexity index is 477. The Morgan fingerprint density at radius 1 is 1.65 bits per heavy atom. The average Bonchev–Trinajstić information content (AvgIpc) is 2.97. The quantitative estimate of drug-likeness (QED) is 0.885. The number of amides is 2. The van der Waals surface area contributed by atoms with Crippen molar-refractivity contribution in [2.24, 2.45) is 0 Å². The zero-order valence-electron chi connectivity index (χ0n) is 11.4. The molecule has 0 saturated carbocycles. The molecule has 1 aliphatic heterocycles. The summed E-state index contributed by atoms with van der Waals surface area (Å²) in [4.78, 5) is 24.8. The van der Waals surface area contributed by atoms with Gasteiger partial charge in [0.25, 0.3) is 0 Å². The molecule has 1 aromatic rings. The lowest BCUT2D eigenvalue weighted by Gasteiger charge is -2.27. The largest absolute Gasteiger partial charge is 0.480 e. The normalized spacial score (nSPS) is 23.6. The third-order valence-electron chi connectivity index (χ3n) is 3.20. The van der Waals surface area contributed by atoms with Crippen LogP contribution in [0.5, 0.6) is 0 Å². The van der Waals surface area contributed by atoms with Crippen LogP contribution in [-0.2, 0) is 11.2 Å². The lowest BCUT2D eigenvalue weighted by Crippen LogP contribution is -2.51. The minimum Gasteiger partial charge on any atom is -0.480 e. The maximum absolute atomic E-state index is 12.2. The number of aliphatic carboxylic acids is 1. The van der Waals surface area contributed by atoms with Gasteiger partial charge >= 0.3 is 12.0 Å². The Kier molecular flexibility index (Phi) is 4.59. The molecule has 3 unspecified atom stereocenters. The number of carbonyl (C=O) groups is 2. The molecule has 20 heavy (non-hydrogen) atoms. The van der Waals surface area contributed by atoms with Gasteiger partial charge in [-0.15, -0.1) is 11.8 Å². The molecule has 1 aliphatic rings. The Labute approximate surface area is 121 Å². The minimum atomic E-state index is -0.962. The lowest BCUT2D eigenvalue weighted by molar-refractivity contribution is -0.141. The first-order valence-electron chi connectivity index (χ1n) is 6.44. The van der Waals surface area contributed by atoms with E-state index in [1.807, 2.05) is 19.9 Å². The lowest BCUT2D eigenvalue weighted by atomic mass is 10.2. The van der Waals surface area contributed by atoms with Gasteiger partial charge in [0.05, 0.1) is 11.6 Å². The molecule has 2 N–H and O–H groups in total. The Morgan fingerprint density at radius 3 is 3.00 bits per heavy atom. The highest BCUT2D eigenvalue weighted by Gasteiger charge is 2.39. The van der Waals surface area contributed by atoms with Gasteiger partial charge in [0.2, 0.25) is 0 Å². The van der Waals surface area contributed by atoms with E-state index in [-0.39, 0.29) is 17.4 Å². The summed E-state index contributed by atoms with van der Waals surface area (Å²) in [6, 6.07) is 2.42. The van der Waals surface area contributed by atoms with Crippen molar-refractivity contribution < 1.29 is 19.1 Å². The van der Waals surface area contributed by atoms with Crippen molar-refractivity contribution in [1.82, 2.24) is 10.2 Å². The molecule has 0 aromatic carbocycles. The number of hydrogen-bond acceptors (Lipinski definition) is 4. The van der Waals surface area contributed by atoms with Crippen LogP contribution >= 0.6 is 11.8 Å². The number of carbonyl (C=O) groups excluding carboxylic acids is 1. The van der Waals surface area contributed by atoms with Crippen molar-refractivity contribution in [3.8, 4) is 0 Å². The molecule has 2 heterocycles. The number of rotatable bonds is 4. The van der Waals surface area contributed by atoms with Crippen LogP contribution in [0.3, 0.4) is 0 Å². The predicted octanol–water partition coefficient (Wildman–Crippen LogP) is 1.77. The van der Waals surface area contributed by atoms with Crippen molar-refractivity contribution in [1.29, 1.82) is 0 Å². The molecule has 1 fully saturated rings. The second kappa shape index (κ2) is 6.21. The fourth-order valence-corrected chi connectivity index (χ4v) is 3.38. The SMILES string of the molecule is CC(Cc1ccco1)NC(=O)N1C(C)SCC1C(=O)O. The van der Waals surface area contributed by atoms with E-state index in [9.17, 15) is 9.59 Å². The summed E-state index contributed by atoms with van der Waals surface area (Å²) >= 11 is 1.47. The molecule has 7 heteroatoms. The zero-order valence-corrected chi connectivity index (χ0v) is 12.2. The number of nitrogens with zero attached hydrogens (tertiary/aromatic N) is 1. The first-order chi connectivity index (χ1) is 9.49. The summed E-state index contributed by atoms with van der Waals surface area (Å²) < 4.78 is 5.23. The van der Waals surface area contributed by atoms with Crippen LogP contribution in [0.25, 0.3) is 0 Å². The average molecular weight is 298 g/mol. The van der Waals surface area contributed by atoms with Crippen molar-refractivity contribution in [3.63, 3.8) is 0 Å². The molecule has 110 valence electrons. The van der Waals surface area contributed by atoms with Crippen LogP contribution in [0.1, 0.15) is 19.6 Å². The molecule has 0 spiro atoms. The number of carboxylic acids is 1. The van der Waals surface area contributed by atoms with Gasteiger partial charge < -0.3 is 14.8 Å². The number of nitrogens with one attached hydrogen (secondary N) is 1. The predicted molar refractivity (Wildman–Crippen MR) is 75.6 cm³/mol. The highest BCUT2D eigenvalue weighted by molar-refractivity contribution is 8.00. The van der Waals surface area contributed by atoms with Crippen LogP contribution < -0.4 is 5.32 Å². The smallest absolute Gasteiger partial charge is 0.327 e. The van der Waals surface area contributed by atoms with Crippen molar-refractivity contribution >= 4 is 23.8 Å². The molecule has 1 aromatic heterocycles. The monoisotopic (exact) mass is 298 g/mol. The van der Waals surface area contributed by atoms with Gasteiger partial charge in [-0.05, 0) is 26.0 Å². The van der Waals surface area contributed by atoms with E-state index in [1.54, 1.807) is 12.3 Å².